The van der Waals surface area contributed by atoms with Crippen molar-refractivity contribution < 1.29 is 17.9 Å². The van der Waals surface area contributed by atoms with Gasteiger partial charge < -0.3 is 10.1 Å². The highest BCUT2D eigenvalue weighted by Crippen LogP contribution is 2.35. The number of ether oxygens (including phenoxy) is 1. The second-order valence-corrected chi connectivity index (χ2v) is 9.85. The smallest absolute Gasteiger partial charge is 0.265 e. The third kappa shape index (κ3) is 4.23. The Morgan fingerprint density at radius 3 is 2.39 bits per heavy atom. The Hall–Kier alpha value is -3.06. The van der Waals surface area contributed by atoms with E-state index in [9.17, 15) is 13.2 Å². The molecule has 0 aliphatic heterocycles. The van der Waals surface area contributed by atoms with E-state index in [-0.39, 0.29) is 5.91 Å². The van der Waals surface area contributed by atoms with Gasteiger partial charge in [-0.1, -0.05) is 31.2 Å². The molecule has 0 saturated heterocycles. The number of sulfonamides is 1. The van der Waals surface area contributed by atoms with Crippen molar-refractivity contribution in [2.24, 2.45) is 0 Å². The number of hydrogen-bond donors (Lipinski definition) is 1. The van der Waals surface area contributed by atoms with Gasteiger partial charge in [-0.3, -0.25) is 9.10 Å². The lowest BCUT2D eigenvalue weighted by Crippen LogP contribution is -2.32. The number of amides is 1. The molecule has 1 amide bonds. The molecule has 0 heterocycles. The molecule has 0 saturated carbocycles. The normalized spacial score (nSPS) is 13.8. The van der Waals surface area contributed by atoms with Crippen molar-refractivity contribution in [1.82, 2.24) is 0 Å². The minimum Gasteiger partial charge on any atom is -0.481 e. The standard InChI is InChI=1S/C24H26N2O4S/c1-4-22(30-19-13-11-18(12-14-19)26(2)31(3,28)29)24(27)25-21-15-10-17-9-8-16-6-5-7-20(21)23(16)17/h5-7,10-15,22H,4,8-9H2,1-3H3,(H,25,27). The molecule has 1 atom stereocenters. The van der Waals surface area contributed by atoms with Gasteiger partial charge >= 0.3 is 0 Å². The van der Waals surface area contributed by atoms with Gasteiger partial charge in [0, 0.05) is 18.1 Å². The first-order chi connectivity index (χ1) is 14.8. The van der Waals surface area contributed by atoms with E-state index < -0.39 is 16.1 Å². The molecule has 1 aliphatic carbocycles. The molecule has 1 aliphatic rings. The molecule has 0 fully saturated rings. The average molecular weight is 439 g/mol. The highest BCUT2D eigenvalue weighted by atomic mass is 32.2. The van der Waals surface area contributed by atoms with E-state index in [0.29, 0.717) is 17.9 Å². The van der Waals surface area contributed by atoms with E-state index in [1.54, 1.807) is 24.3 Å². The molecule has 1 unspecified atom stereocenters. The molecular weight excluding hydrogens is 412 g/mol. The summed E-state index contributed by atoms with van der Waals surface area (Å²) in [7, 11) is -1.84. The predicted octanol–water partition coefficient (Wildman–Crippen LogP) is 4.13. The minimum atomic E-state index is -3.34. The summed E-state index contributed by atoms with van der Waals surface area (Å²) in [5.41, 5.74) is 3.97. The molecule has 4 rings (SSSR count). The summed E-state index contributed by atoms with van der Waals surface area (Å²) in [6.07, 6.45) is 3.05. The van der Waals surface area contributed by atoms with Crippen molar-refractivity contribution in [2.45, 2.75) is 32.3 Å². The fourth-order valence-electron chi connectivity index (χ4n) is 3.98. The molecule has 31 heavy (non-hydrogen) atoms. The van der Waals surface area contributed by atoms with Crippen molar-refractivity contribution in [3.63, 3.8) is 0 Å². The lowest BCUT2D eigenvalue weighted by Gasteiger charge is -2.20. The van der Waals surface area contributed by atoms with E-state index in [1.807, 2.05) is 25.1 Å². The Morgan fingerprint density at radius 2 is 1.74 bits per heavy atom. The van der Waals surface area contributed by atoms with Crippen molar-refractivity contribution in [2.75, 3.05) is 22.9 Å². The van der Waals surface area contributed by atoms with Crippen LogP contribution < -0.4 is 14.4 Å². The van der Waals surface area contributed by atoms with Gasteiger partial charge in [0.05, 0.1) is 11.9 Å². The number of hydrogen-bond acceptors (Lipinski definition) is 4. The quantitative estimate of drug-likeness (QED) is 0.602. The van der Waals surface area contributed by atoms with Gasteiger partial charge in [-0.05, 0) is 66.1 Å². The summed E-state index contributed by atoms with van der Waals surface area (Å²) < 4.78 is 30.5. The summed E-state index contributed by atoms with van der Waals surface area (Å²) in [4.78, 5) is 13.0. The third-order valence-electron chi connectivity index (χ3n) is 5.77. The maximum atomic E-state index is 13.0. The van der Waals surface area contributed by atoms with Crippen LogP contribution in [0.1, 0.15) is 24.5 Å². The molecule has 0 bridgehead atoms. The lowest BCUT2D eigenvalue weighted by atomic mass is 10.0. The van der Waals surface area contributed by atoms with Crippen molar-refractivity contribution in [3.8, 4) is 5.75 Å². The van der Waals surface area contributed by atoms with Crippen LogP contribution in [0.3, 0.4) is 0 Å². The van der Waals surface area contributed by atoms with Crippen molar-refractivity contribution >= 4 is 38.1 Å². The molecule has 7 heteroatoms. The Kier molecular flexibility index (Phi) is 5.62. The number of carbonyl (C=O) groups is 1. The lowest BCUT2D eigenvalue weighted by molar-refractivity contribution is -0.122. The summed E-state index contributed by atoms with van der Waals surface area (Å²) in [6.45, 7) is 1.89. The maximum absolute atomic E-state index is 13.0. The average Bonchev–Trinajstić information content (AvgIpc) is 3.18. The molecule has 0 spiro atoms. The zero-order valence-electron chi connectivity index (χ0n) is 17.9. The number of nitrogens with one attached hydrogen (secondary N) is 1. The second-order valence-electron chi connectivity index (χ2n) is 7.84. The molecule has 1 N–H and O–H groups in total. The van der Waals surface area contributed by atoms with Gasteiger partial charge in [0.15, 0.2) is 6.10 Å². The first-order valence-corrected chi connectivity index (χ1v) is 12.2. The van der Waals surface area contributed by atoms with Crippen molar-refractivity contribution in [1.29, 1.82) is 0 Å². The van der Waals surface area contributed by atoms with Gasteiger partial charge in [-0.2, -0.15) is 0 Å². The zero-order valence-corrected chi connectivity index (χ0v) is 18.7. The van der Waals surface area contributed by atoms with Crippen molar-refractivity contribution in [3.05, 3.63) is 65.7 Å². The third-order valence-corrected chi connectivity index (χ3v) is 6.98. The fourth-order valence-corrected chi connectivity index (χ4v) is 4.49. The summed E-state index contributed by atoms with van der Waals surface area (Å²) in [5.74, 6) is 0.298. The number of aryl methyl sites for hydroxylation is 2. The topological polar surface area (TPSA) is 75.7 Å². The Bertz CT molecular complexity index is 1230. The monoisotopic (exact) mass is 438 g/mol. The number of benzene rings is 3. The molecular formula is C24H26N2O4S. The highest BCUT2D eigenvalue weighted by Gasteiger charge is 2.22. The Morgan fingerprint density at radius 1 is 1.06 bits per heavy atom. The van der Waals surface area contributed by atoms with Gasteiger partial charge in [0.25, 0.3) is 5.91 Å². The van der Waals surface area contributed by atoms with Crippen LogP contribution in [0, 0.1) is 0 Å². The number of carbonyl (C=O) groups excluding carboxylic acids is 1. The summed E-state index contributed by atoms with van der Waals surface area (Å²) >= 11 is 0. The van der Waals surface area contributed by atoms with E-state index in [2.05, 4.69) is 17.4 Å². The SMILES string of the molecule is CCC(Oc1ccc(N(C)S(C)(=O)=O)cc1)C(=O)Nc1ccc2c3c(cccc13)CC2. The fraction of sp³-hybridized carbons (Fsp3) is 0.292. The van der Waals surface area contributed by atoms with Gasteiger partial charge in [0.2, 0.25) is 10.0 Å². The highest BCUT2D eigenvalue weighted by molar-refractivity contribution is 7.92. The number of rotatable bonds is 7. The molecule has 162 valence electrons. The Balaban J connectivity index is 1.50. The van der Waals surface area contributed by atoms with Crippen LogP contribution in [-0.4, -0.2) is 33.7 Å². The maximum Gasteiger partial charge on any atom is 0.265 e. The van der Waals surface area contributed by atoms with Crippen LogP contribution in [-0.2, 0) is 27.7 Å². The van der Waals surface area contributed by atoms with Crippen LogP contribution in [0.15, 0.2) is 54.6 Å². The van der Waals surface area contributed by atoms with E-state index in [1.165, 1.54) is 27.9 Å². The number of nitrogens with zero attached hydrogens (tertiary/aromatic N) is 1. The summed E-state index contributed by atoms with van der Waals surface area (Å²) in [6, 6.07) is 16.9. The van der Waals surface area contributed by atoms with E-state index in [4.69, 9.17) is 4.74 Å². The first-order valence-electron chi connectivity index (χ1n) is 10.3. The molecule has 0 radical (unpaired) electrons. The predicted molar refractivity (Wildman–Crippen MR) is 124 cm³/mol. The molecule has 0 aromatic heterocycles. The van der Waals surface area contributed by atoms with Crippen LogP contribution in [0.5, 0.6) is 5.75 Å². The van der Waals surface area contributed by atoms with Gasteiger partial charge in [0.1, 0.15) is 5.75 Å². The number of anilines is 2. The van der Waals surface area contributed by atoms with E-state index in [0.717, 1.165) is 30.2 Å². The van der Waals surface area contributed by atoms with E-state index >= 15 is 0 Å². The van der Waals surface area contributed by atoms with Gasteiger partial charge in [-0.15, -0.1) is 0 Å². The largest absolute Gasteiger partial charge is 0.481 e. The first kappa shape index (κ1) is 21.2. The molecule has 3 aromatic rings. The zero-order chi connectivity index (χ0) is 22.2. The Labute approximate surface area is 182 Å². The summed E-state index contributed by atoms with van der Waals surface area (Å²) in [5, 5.41) is 5.35. The molecule has 3 aromatic carbocycles. The second kappa shape index (κ2) is 8.23. The van der Waals surface area contributed by atoms with Crippen LogP contribution >= 0.6 is 0 Å². The van der Waals surface area contributed by atoms with Crippen LogP contribution in [0.25, 0.3) is 10.8 Å². The van der Waals surface area contributed by atoms with Crippen LogP contribution in [0.2, 0.25) is 0 Å². The minimum absolute atomic E-state index is 0.210. The van der Waals surface area contributed by atoms with Crippen LogP contribution in [0.4, 0.5) is 11.4 Å². The van der Waals surface area contributed by atoms with Gasteiger partial charge in [-0.25, -0.2) is 8.42 Å². The molecule has 6 nitrogen and oxygen atoms in total.